The molecule has 0 saturated heterocycles. The molecule has 1 rings (SSSR count). The van der Waals surface area contributed by atoms with Crippen molar-refractivity contribution in [2.75, 3.05) is 0 Å². The third-order valence-corrected chi connectivity index (χ3v) is 1.34. The highest BCUT2D eigenvalue weighted by Crippen LogP contribution is 2.00. The molecule has 0 spiro atoms. The van der Waals surface area contributed by atoms with E-state index in [4.69, 9.17) is 0 Å². The zero-order chi connectivity index (χ0) is 6.69. The number of aliphatic imine (C=N–C) groups is 2. The minimum atomic E-state index is 0.723. The smallest absolute Gasteiger partial charge is 0.199 e. The van der Waals surface area contributed by atoms with E-state index >= 15 is 0 Å². The van der Waals surface area contributed by atoms with Crippen LogP contribution in [0.3, 0.4) is 0 Å². The average Bonchev–Trinajstić information content (AvgIpc) is 1.97. The largest absolute Gasteiger partial charge is 0.231 e. The molecule has 0 amide bonds. The lowest BCUT2D eigenvalue weighted by atomic mass is 10.3. The molecule has 0 fully saturated rings. The fourth-order valence-electron chi connectivity index (χ4n) is 0.409. The van der Waals surface area contributed by atoms with Gasteiger partial charge in [0.15, 0.2) is 3.84 Å². The van der Waals surface area contributed by atoms with Gasteiger partial charge in [-0.15, -0.1) is 0 Å². The van der Waals surface area contributed by atoms with Gasteiger partial charge < -0.3 is 0 Å². The molecule has 1 aliphatic heterocycles. The minimum absolute atomic E-state index is 0.723. The van der Waals surface area contributed by atoms with Gasteiger partial charge in [0.2, 0.25) is 0 Å². The van der Waals surface area contributed by atoms with Gasteiger partial charge in [-0.05, 0) is 18.4 Å². The zero-order valence-corrected chi connectivity index (χ0v) is 7.08. The quantitative estimate of drug-likeness (QED) is 0.450. The van der Waals surface area contributed by atoms with Gasteiger partial charge in [-0.1, -0.05) is 0 Å². The number of nitrogens with zero attached hydrogens (tertiary/aromatic N) is 2. The van der Waals surface area contributed by atoms with Crippen LogP contribution >= 0.6 is 22.6 Å². The summed E-state index contributed by atoms with van der Waals surface area (Å²) in [5.74, 6) is 2.74. The van der Waals surface area contributed by atoms with Crippen molar-refractivity contribution < 1.29 is 0 Å². The Hall–Kier alpha value is -0.410. The summed E-state index contributed by atoms with van der Waals surface area (Å²) < 4.78 is 0.723. The van der Waals surface area contributed by atoms with Crippen molar-refractivity contribution in [3.8, 4) is 0 Å². The van der Waals surface area contributed by atoms with Crippen LogP contribution < -0.4 is 0 Å². The summed E-state index contributed by atoms with van der Waals surface area (Å²) in [6.45, 7) is 1.96. The second-order valence-corrected chi connectivity index (χ2v) is 2.62. The first-order chi connectivity index (χ1) is 4.29. The SMILES string of the molecule is CC1=CN=C(I)N=C=C1. The Labute approximate surface area is 67.2 Å². The van der Waals surface area contributed by atoms with E-state index in [1.165, 1.54) is 0 Å². The van der Waals surface area contributed by atoms with Crippen LogP contribution in [0.5, 0.6) is 0 Å². The van der Waals surface area contributed by atoms with Gasteiger partial charge in [0.25, 0.3) is 0 Å². The van der Waals surface area contributed by atoms with Crippen LogP contribution in [0.1, 0.15) is 6.92 Å². The van der Waals surface area contributed by atoms with Crippen LogP contribution in [0.4, 0.5) is 0 Å². The molecule has 2 nitrogen and oxygen atoms in total. The molecule has 0 saturated carbocycles. The van der Waals surface area contributed by atoms with E-state index < -0.39 is 0 Å². The van der Waals surface area contributed by atoms with Gasteiger partial charge in [0, 0.05) is 34.9 Å². The summed E-state index contributed by atoms with van der Waals surface area (Å²) in [5, 5.41) is 0. The van der Waals surface area contributed by atoms with E-state index in [9.17, 15) is 0 Å². The normalized spacial score (nSPS) is 16.7. The Morgan fingerprint density at radius 1 is 1.67 bits per heavy atom. The van der Waals surface area contributed by atoms with Crippen molar-refractivity contribution >= 4 is 32.3 Å². The average molecular weight is 232 g/mol. The molecule has 0 aliphatic carbocycles. The lowest BCUT2D eigenvalue weighted by Crippen LogP contribution is -1.71. The zero-order valence-electron chi connectivity index (χ0n) is 4.93. The van der Waals surface area contributed by atoms with Crippen LogP contribution in [0.15, 0.2) is 27.8 Å². The lowest BCUT2D eigenvalue weighted by Gasteiger charge is -1.79. The van der Waals surface area contributed by atoms with E-state index in [1.807, 2.05) is 29.5 Å². The first-order valence-electron chi connectivity index (χ1n) is 2.48. The highest BCUT2D eigenvalue weighted by molar-refractivity contribution is 14.1. The van der Waals surface area contributed by atoms with Gasteiger partial charge in [-0.3, -0.25) is 0 Å². The first kappa shape index (κ1) is 6.71. The van der Waals surface area contributed by atoms with Crippen LogP contribution in [0.2, 0.25) is 0 Å². The van der Waals surface area contributed by atoms with Crippen LogP contribution in [-0.2, 0) is 0 Å². The second kappa shape index (κ2) is 2.94. The molecular weight excluding hydrogens is 227 g/mol. The maximum Gasteiger partial charge on any atom is 0.199 e. The highest BCUT2D eigenvalue weighted by atomic mass is 127. The van der Waals surface area contributed by atoms with E-state index in [1.54, 1.807) is 12.3 Å². The highest BCUT2D eigenvalue weighted by Gasteiger charge is 1.87. The van der Waals surface area contributed by atoms with E-state index in [2.05, 4.69) is 15.9 Å². The predicted octanol–water partition coefficient (Wildman–Crippen LogP) is 1.92. The molecule has 1 heterocycles. The Bertz CT molecular complexity index is 209. The Kier molecular flexibility index (Phi) is 2.19. The standard InChI is InChI=1S/C6H5IN2/c1-5-2-3-8-6(7)9-4-5/h2,4H,1H3. The van der Waals surface area contributed by atoms with E-state index in [-0.39, 0.29) is 0 Å². The molecule has 0 radical (unpaired) electrons. The van der Waals surface area contributed by atoms with Gasteiger partial charge in [-0.25, -0.2) is 4.99 Å². The number of halogens is 1. The summed E-state index contributed by atoms with van der Waals surface area (Å²) >= 11 is 2.05. The van der Waals surface area contributed by atoms with Gasteiger partial charge in [-0.2, -0.15) is 4.99 Å². The number of hydrogen-bond donors (Lipinski definition) is 0. The molecule has 0 aromatic heterocycles. The van der Waals surface area contributed by atoms with Crippen molar-refractivity contribution in [3.05, 3.63) is 17.8 Å². The van der Waals surface area contributed by atoms with Crippen molar-refractivity contribution in [2.24, 2.45) is 9.98 Å². The summed E-state index contributed by atoms with van der Waals surface area (Å²) in [5.41, 5.74) is 1.07. The maximum atomic E-state index is 3.99. The van der Waals surface area contributed by atoms with Crippen LogP contribution in [0, 0.1) is 0 Å². The summed E-state index contributed by atoms with van der Waals surface area (Å²) in [6.07, 6.45) is 3.57. The third-order valence-electron chi connectivity index (χ3n) is 0.824. The Morgan fingerprint density at radius 3 is 3.22 bits per heavy atom. The fraction of sp³-hybridized carbons (Fsp3) is 0.167. The molecule has 3 heteroatoms. The van der Waals surface area contributed by atoms with Crippen LogP contribution in [-0.4, -0.2) is 9.71 Å². The van der Waals surface area contributed by atoms with Gasteiger partial charge in [0.05, 0.1) is 0 Å². The summed E-state index contributed by atoms with van der Waals surface area (Å²) in [6, 6.07) is 0. The second-order valence-electron chi connectivity index (χ2n) is 1.66. The van der Waals surface area contributed by atoms with Gasteiger partial charge in [0.1, 0.15) is 0 Å². The topological polar surface area (TPSA) is 24.7 Å². The Morgan fingerprint density at radius 2 is 2.44 bits per heavy atom. The first-order valence-corrected chi connectivity index (χ1v) is 3.56. The molecule has 0 N–H and O–H groups in total. The molecule has 0 unspecified atom stereocenters. The summed E-state index contributed by atoms with van der Waals surface area (Å²) in [4.78, 5) is 7.84. The van der Waals surface area contributed by atoms with Crippen molar-refractivity contribution in [1.29, 1.82) is 0 Å². The molecule has 0 bridgehead atoms. The summed E-state index contributed by atoms with van der Waals surface area (Å²) in [7, 11) is 0. The monoisotopic (exact) mass is 232 g/mol. The lowest BCUT2D eigenvalue weighted by molar-refractivity contribution is 1.45. The predicted molar refractivity (Wildman–Crippen MR) is 47.2 cm³/mol. The van der Waals surface area contributed by atoms with Crippen LogP contribution in [0.25, 0.3) is 0 Å². The molecule has 0 aromatic rings. The molecule has 0 aromatic carbocycles. The molecule has 9 heavy (non-hydrogen) atoms. The number of rotatable bonds is 0. The molecular formula is C6H5IN2. The molecule has 1 aliphatic rings. The van der Waals surface area contributed by atoms with Crippen molar-refractivity contribution in [1.82, 2.24) is 0 Å². The van der Waals surface area contributed by atoms with Crippen molar-refractivity contribution in [3.63, 3.8) is 0 Å². The number of hydrogen-bond acceptors (Lipinski definition) is 2. The Balaban J connectivity index is 3.00. The maximum absolute atomic E-state index is 3.99. The van der Waals surface area contributed by atoms with Crippen molar-refractivity contribution in [2.45, 2.75) is 6.92 Å². The fourth-order valence-corrected chi connectivity index (χ4v) is 0.687. The number of amidine groups is 1. The van der Waals surface area contributed by atoms with Gasteiger partial charge >= 0.3 is 0 Å². The third kappa shape index (κ3) is 2.11. The van der Waals surface area contributed by atoms with E-state index in [0.717, 1.165) is 9.42 Å². The molecule has 0 atom stereocenters. The van der Waals surface area contributed by atoms with E-state index in [0.29, 0.717) is 0 Å². The minimum Gasteiger partial charge on any atom is -0.231 e. The molecule has 46 valence electrons. The number of allylic oxidation sites excluding steroid dienone is 2.